The van der Waals surface area contributed by atoms with Crippen molar-refractivity contribution in [2.45, 2.75) is 44.2 Å². The summed E-state index contributed by atoms with van der Waals surface area (Å²) in [6, 6.07) is 8.89. The Kier molecular flexibility index (Phi) is 5.65. The summed E-state index contributed by atoms with van der Waals surface area (Å²) in [5, 5.41) is 13.6. The number of pyridine rings is 2. The predicted octanol–water partition coefficient (Wildman–Crippen LogP) is 4.07. The Balaban J connectivity index is 1.67. The lowest BCUT2D eigenvalue weighted by Gasteiger charge is -2.28. The molecule has 1 N–H and O–H groups in total. The Morgan fingerprint density at radius 2 is 2.03 bits per heavy atom. The third kappa shape index (κ3) is 3.91. The van der Waals surface area contributed by atoms with Crippen molar-refractivity contribution >= 4 is 39.5 Å². The molecule has 170 valence electrons. The number of nitrogens with one attached hydrogen (secondary N) is 1. The average Bonchev–Trinajstić information content (AvgIpc) is 3.35. The third-order valence-electron chi connectivity index (χ3n) is 6.22. The van der Waals surface area contributed by atoms with Gasteiger partial charge in [-0.05, 0) is 37.1 Å². The summed E-state index contributed by atoms with van der Waals surface area (Å²) >= 11 is 2.03. The van der Waals surface area contributed by atoms with Crippen molar-refractivity contribution in [3.05, 3.63) is 52.7 Å². The average molecular weight is 563 g/mol. The van der Waals surface area contributed by atoms with Crippen molar-refractivity contribution in [1.29, 1.82) is 5.26 Å². The summed E-state index contributed by atoms with van der Waals surface area (Å²) in [5.74, 6) is -2.68. The zero-order valence-electron chi connectivity index (χ0n) is 17.5. The first-order valence-corrected chi connectivity index (χ1v) is 11.7. The molecular formula is C22H20F2IN7O. The molecule has 0 aromatic carbocycles. The Hall–Kier alpha value is -2.85. The van der Waals surface area contributed by atoms with Gasteiger partial charge in [0.05, 0.1) is 34.6 Å². The standard InChI is InChI=1S/C22H20F2IN7O/c23-22(24)6-3-15(4-7-22)32-20-18(30(21(32)33)10-8-27-25)2-1-17(29-20)16-13-28-31-9-5-14(12-26)11-19(16)31/h1-2,5,9,11,13,15,27H,3-4,6-8,10H2. The van der Waals surface area contributed by atoms with E-state index in [0.29, 0.717) is 35.5 Å². The zero-order chi connectivity index (χ0) is 23.2. The number of imidazole rings is 1. The first-order valence-electron chi connectivity index (χ1n) is 10.6. The fourth-order valence-corrected chi connectivity index (χ4v) is 4.77. The number of nitrogens with zero attached hydrogens (tertiary/aromatic N) is 6. The number of nitriles is 1. The van der Waals surface area contributed by atoms with Crippen molar-refractivity contribution in [2.24, 2.45) is 0 Å². The van der Waals surface area contributed by atoms with Crippen LogP contribution in [0.15, 0.2) is 41.5 Å². The van der Waals surface area contributed by atoms with Gasteiger partial charge in [0, 0.05) is 66.6 Å². The highest BCUT2D eigenvalue weighted by Gasteiger charge is 2.37. The van der Waals surface area contributed by atoms with Crippen LogP contribution in [0.25, 0.3) is 27.9 Å². The van der Waals surface area contributed by atoms with Gasteiger partial charge in [0.25, 0.3) is 0 Å². The largest absolute Gasteiger partial charge is 0.330 e. The highest BCUT2D eigenvalue weighted by Crippen LogP contribution is 2.39. The van der Waals surface area contributed by atoms with E-state index in [1.807, 2.05) is 35.0 Å². The van der Waals surface area contributed by atoms with Gasteiger partial charge in [-0.1, -0.05) is 0 Å². The number of halogens is 3. The molecule has 1 saturated carbocycles. The minimum absolute atomic E-state index is 0.227. The maximum atomic E-state index is 13.8. The van der Waals surface area contributed by atoms with Gasteiger partial charge < -0.3 is 0 Å². The summed E-state index contributed by atoms with van der Waals surface area (Å²) < 4.78 is 35.5. The van der Waals surface area contributed by atoms with Gasteiger partial charge in [-0.15, -0.1) is 0 Å². The van der Waals surface area contributed by atoms with Gasteiger partial charge in [-0.2, -0.15) is 10.4 Å². The molecule has 4 heterocycles. The molecular weight excluding hydrogens is 543 g/mol. The number of rotatable bonds is 5. The molecule has 0 unspecified atom stereocenters. The van der Waals surface area contributed by atoms with Gasteiger partial charge in [0.1, 0.15) is 0 Å². The van der Waals surface area contributed by atoms with E-state index in [4.69, 9.17) is 4.98 Å². The van der Waals surface area contributed by atoms with E-state index in [-0.39, 0.29) is 37.4 Å². The minimum atomic E-state index is -2.68. The molecule has 4 aromatic heterocycles. The molecule has 0 saturated heterocycles. The van der Waals surface area contributed by atoms with E-state index in [1.54, 1.807) is 38.2 Å². The number of hydrogen-bond acceptors (Lipinski definition) is 5. The maximum Gasteiger partial charge on any atom is 0.330 e. The monoisotopic (exact) mass is 563 g/mol. The quantitative estimate of drug-likeness (QED) is 0.292. The van der Waals surface area contributed by atoms with Crippen LogP contribution in [0.5, 0.6) is 0 Å². The maximum absolute atomic E-state index is 13.8. The predicted molar refractivity (Wildman–Crippen MR) is 127 cm³/mol. The summed E-state index contributed by atoms with van der Waals surface area (Å²) in [4.78, 5) is 18.2. The lowest BCUT2D eigenvalue weighted by atomic mass is 9.92. The number of hydrogen-bond donors (Lipinski definition) is 1. The first-order chi connectivity index (χ1) is 15.9. The first kappa shape index (κ1) is 22.0. The Morgan fingerprint density at radius 3 is 2.76 bits per heavy atom. The fraction of sp³-hybridized carbons (Fsp3) is 0.364. The van der Waals surface area contributed by atoms with Crippen molar-refractivity contribution in [3.8, 4) is 17.3 Å². The highest BCUT2D eigenvalue weighted by molar-refractivity contribution is 14.1. The van der Waals surface area contributed by atoms with Crippen LogP contribution in [-0.2, 0) is 6.54 Å². The fourth-order valence-electron chi connectivity index (χ4n) is 4.53. The van der Waals surface area contributed by atoms with Crippen LogP contribution in [0.3, 0.4) is 0 Å². The Bertz CT molecular complexity index is 1440. The molecule has 11 heteroatoms. The van der Waals surface area contributed by atoms with Gasteiger partial charge in [0.2, 0.25) is 5.92 Å². The Morgan fingerprint density at radius 1 is 1.24 bits per heavy atom. The van der Waals surface area contributed by atoms with E-state index in [2.05, 4.69) is 14.7 Å². The molecule has 1 aliphatic rings. The SMILES string of the molecule is N#Cc1ccn2ncc(-c3ccc4c(n3)n(C3CCC(F)(F)CC3)c(=O)n4CCNI)c2c1. The molecule has 0 aliphatic heterocycles. The second-order valence-corrected chi connectivity index (χ2v) is 8.99. The summed E-state index contributed by atoms with van der Waals surface area (Å²) in [6.07, 6.45) is 3.36. The molecule has 5 rings (SSSR count). The van der Waals surface area contributed by atoms with E-state index in [0.717, 1.165) is 11.1 Å². The third-order valence-corrected chi connectivity index (χ3v) is 6.76. The Labute approximate surface area is 201 Å². The van der Waals surface area contributed by atoms with Crippen molar-refractivity contribution in [1.82, 2.24) is 27.3 Å². The molecule has 1 aliphatic carbocycles. The lowest BCUT2D eigenvalue weighted by molar-refractivity contribution is -0.0439. The second-order valence-electron chi connectivity index (χ2n) is 8.23. The second kappa shape index (κ2) is 8.49. The molecule has 8 nitrogen and oxygen atoms in total. The van der Waals surface area contributed by atoms with Crippen molar-refractivity contribution < 1.29 is 8.78 Å². The lowest BCUT2D eigenvalue weighted by Crippen LogP contribution is -2.33. The van der Waals surface area contributed by atoms with Crippen LogP contribution in [-0.4, -0.2) is 36.2 Å². The van der Waals surface area contributed by atoms with Crippen LogP contribution in [0.2, 0.25) is 0 Å². The summed E-state index contributed by atoms with van der Waals surface area (Å²) in [5.41, 5.74) is 3.47. The number of alkyl halides is 2. The van der Waals surface area contributed by atoms with E-state index in [9.17, 15) is 18.8 Å². The molecule has 4 aromatic rings. The van der Waals surface area contributed by atoms with Crippen molar-refractivity contribution in [3.63, 3.8) is 0 Å². The van der Waals surface area contributed by atoms with Crippen LogP contribution in [0, 0.1) is 11.3 Å². The van der Waals surface area contributed by atoms with Gasteiger partial charge in [-0.3, -0.25) is 12.7 Å². The van der Waals surface area contributed by atoms with Gasteiger partial charge in [0.15, 0.2) is 5.65 Å². The topological polar surface area (TPSA) is 92.9 Å². The van der Waals surface area contributed by atoms with E-state index >= 15 is 0 Å². The molecule has 0 bridgehead atoms. The molecule has 0 atom stereocenters. The van der Waals surface area contributed by atoms with Crippen LogP contribution in [0.1, 0.15) is 37.3 Å². The highest BCUT2D eigenvalue weighted by atomic mass is 127. The molecule has 0 amide bonds. The van der Waals surface area contributed by atoms with E-state index in [1.165, 1.54) is 0 Å². The summed E-state index contributed by atoms with van der Waals surface area (Å²) in [6.45, 7) is 1.02. The molecule has 0 spiro atoms. The van der Waals surface area contributed by atoms with Crippen LogP contribution < -0.4 is 9.22 Å². The van der Waals surface area contributed by atoms with Gasteiger partial charge >= 0.3 is 5.69 Å². The normalized spacial score (nSPS) is 16.4. The molecule has 1 fully saturated rings. The number of aromatic nitrogens is 5. The number of fused-ring (bicyclic) bond motifs is 2. The van der Waals surface area contributed by atoms with Gasteiger partial charge in [-0.25, -0.2) is 23.1 Å². The molecule has 33 heavy (non-hydrogen) atoms. The smallest absolute Gasteiger partial charge is 0.289 e. The molecule has 0 radical (unpaired) electrons. The van der Waals surface area contributed by atoms with Crippen molar-refractivity contribution in [2.75, 3.05) is 6.54 Å². The summed E-state index contributed by atoms with van der Waals surface area (Å²) in [7, 11) is 0. The van der Waals surface area contributed by atoms with Crippen LogP contribution in [0.4, 0.5) is 8.78 Å². The van der Waals surface area contributed by atoms with E-state index < -0.39 is 5.92 Å². The minimum Gasteiger partial charge on any atom is -0.289 e. The van der Waals surface area contributed by atoms with Crippen LogP contribution >= 0.6 is 22.9 Å². The zero-order valence-corrected chi connectivity index (χ0v) is 19.7.